The Labute approximate surface area is 123 Å². The number of unbranched alkanes of at least 4 members (excludes halogenated alkanes) is 1. The van der Waals surface area contributed by atoms with E-state index in [2.05, 4.69) is 0 Å². The number of amides is 2. The van der Waals surface area contributed by atoms with Gasteiger partial charge in [0.2, 0.25) is 11.8 Å². The molecule has 1 saturated heterocycles. The van der Waals surface area contributed by atoms with Gasteiger partial charge in [-0.2, -0.15) is 0 Å². The molecule has 1 heterocycles. The third-order valence-corrected chi connectivity index (χ3v) is 3.96. The highest BCUT2D eigenvalue weighted by molar-refractivity contribution is 6.08. The number of carboxylic acids is 1. The number of likely N-dealkylation sites (tertiary alicyclic amines) is 1. The second-order valence-electron chi connectivity index (χ2n) is 5.58. The third kappa shape index (κ3) is 3.12. The number of carbonyl (C=O) groups is 3. The summed E-state index contributed by atoms with van der Waals surface area (Å²) in [6, 6.07) is 9.30. The third-order valence-electron chi connectivity index (χ3n) is 3.96. The summed E-state index contributed by atoms with van der Waals surface area (Å²) >= 11 is 0. The van der Waals surface area contributed by atoms with Crippen LogP contribution in [0.5, 0.6) is 0 Å². The predicted molar refractivity (Wildman–Crippen MR) is 76.6 cm³/mol. The maximum absolute atomic E-state index is 12.6. The van der Waals surface area contributed by atoms with Crippen LogP contribution in [0.4, 0.5) is 0 Å². The molecule has 5 heteroatoms. The zero-order valence-electron chi connectivity index (χ0n) is 12.0. The van der Waals surface area contributed by atoms with Gasteiger partial charge in [-0.3, -0.25) is 19.3 Å². The van der Waals surface area contributed by atoms with Crippen LogP contribution in [0.1, 0.15) is 38.2 Å². The van der Waals surface area contributed by atoms with Crippen molar-refractivity contribution >= 4 is 17.8 Å². The minimum absolute atomic E-state index is 0.0617. The van der Waals surface area contributed by atoms with E-state index >= 15 is 0 Å². The largest absolute Gasteiger partial charge is 0.481 e. The van der Waals surface area contributed by atoms with Crippen LogP contribution in [-0.4, -0.2) is 34.3 Å². The van der Waals surface area contributed by atoms with Crippen LogP contribution in [0.3, 0.4) is 0 Å². The summed E-state index contributed by atoms with van der Waals surface area (Å²) in [5.74, 6) is -1.22. The van der Waals surface area contributed by atoms with Crippen molar-refractivity contribution in [1.82, 2.24) is 4.90 Å². The number of hydrogen-bond donors (Lipinski definition) is 1. The van der Waals surface area contributed by atoms with Gasteiger partial charge in [0.15, 0.2) is 0 Å². The Morgan fingerprint density at radius 3 is 2.52 bits per heavy atom. The Kier molecular flexibility index (Phi) is 4.40. The molecule has 2 amide bonds. The number of carbonyl (C=O) groups excluding carboxylic acids is 2. The molecule has 1 unspecified atom stereocenters. The van der Waals surface area contributed by atoms with E-state index in [0.29, 0.717) is 19.4 Å². The number of nitrogens with zero attached hydrogens (tertiary/aromatic N) is 1. The zero-order valence-corrected chi connectivity index (χ0v) is 12.0. The topological polar surface area (TPSA) is 74.7 Å². The molecule has 5 nitrogen and oxygen atoms in total. The van der Waals surface area contributed by atoms with Crippen LogP contribution >= 0.6 is 0 Å². The lowest BCUT2D eigenvalue weighted by molar-refractivity contribution is -0.139. The Bertz CT molecular complexity index is 555. The first kappa shape index (κ1) is 15.2. The lowest BCUT2D eigenvalue weighted by atomic mass is 9.81. The number of benzene rings is 1. The molecule has 0 bridgehead atoms. The summed E-state index contributed by atoms with van der Waals surface area (Å²) in [5.41, 5.74) is 0.0434. The van der Waals surface area contributed by atoms with Crippen molar-refractivity contribution in [2.75, 3.05) is 6.54 Å². The summed E-state index contributed by atoms with van der Waals surface area (Å²) in [5, 5.41) is 8.59. The van der Waals surface area contributed by atoms with Crippen LogP contribution in [0, 0.1) is 0 Å². The average molecular weight is 289 g/mol. The first-order valence-electron chi connectivity index (χ1n) is 7.07. The van der Waals surface area contributed by atoms with Gasteiger partial charge in [0.25, 0.3) is 0 Å². The minimum atomic E-state index is -0.858. The van der Waals surface area contributed by atoms with Crippen LogP contribution < -0.4 is 0 Å². The summed E-state index contributed by atoms with van der Waals surface area (Å²) in [7, 11) is 0. The number of rotatable bonds is 6. The van der Waals surface area contributed by atoms with Crippen LogP contribution in [-0.2, 0) is 19.8 Å². The SMILES string of the molecule is CC1(c2ccccc2)CC(=O)N(CCCCC(=O)O)C1=O. The van der Waals surface area contributed by atoms with Crippen LogP contribution in [0.15, 0.2) is 30.3 Å². The Morgan fingerprint density at radius 2 is 1.90 bits per heavy atom. The maximum Gasteiger partial charge on any atom is 0.303 e. The summed E-state index contributed by atoms with van der Waals surface area (Å²) < 4.78 is 0. The Hall–Kier alpha value is -2.17. The molecule has 1 aliphatic heterocycles. The molecule has 2 rings (SSSR count). The molecule has 1 fully saturated rings. The second kappa shape index (κ2) is 6.08. The number of aliphatic carboxylic acids is 1. The Balaban J connectivity index is 2.04. The van der Waals surface area contributed by atoms with Gasteiger partial charge in [0, 0.05) is 19.4 Å². The molecule has 1 aromatic rings. The number of carboxylic acid groups (broad SMARTS) is 1. The highest BCUT2D eigenvalue weighted by Gasteiger charge is 2.48. The minimum Gasteiger partial charge on any atom is -0.481 e. The van der Waals surface area contributed by atoms with Crippen molar-refractivity contribution in [3.63, 3.8) is 0 Å². The fraction of sp³-hybridized carbons (Fsp3) is 0.438. The lowest BCUT2D eigenvalue weighted by Gasteiger charge is -2.22. The van der Waals surface area contributed by atoms with E-state index in [9.17, 15) is 14.4 Å². The summed E-state index contributed by atoms with van der Waals surface area (Å²) in [6.45, 7) is 2.09. The first-order valence-corrected chi connectivity index (χ1v) is 7.07. The fourth-order valence-corrected chi connectivity index (χ4v) is 2.69. The molecule has 112 valence electrons. The van der Waals surface area contributed by atoms with Crippen molar-refractivity contribution in [2.24, 2.45) is 0 Å². The van der Waals surface area contributed by atoms with Crippen molar-refractivity contribution in [2.45, 2.75) is 38.0 Å². The van der Waals surface area contributed by atoms with E-state index in [1.54, 1.807) is 6.92 Å². The van der Waals surface area contributed by atoms with Crippen molar-refractivity contribution < 1.29 is 19.5 Å². The van der Waals surface area contributed by atoms with E-state index in [1.165, 1.54) is 4.90 Å². The number of imide groups is 1. The van der Waals surface area contributed by atoms with Gasteiger partial charge in [-0.25, -0.2) is 0 Å². The zero-order chi connectivity index (χ0) is 15.5. The van der Waals surface area contributed by atoms with Crippen molar-refractivity contribution in [3.05, 3.63) is 35.9 Å². The highest BCUT2D eigenvalue weighted by atomic mass is 16.4. The molecule has 0 saturated carbocycles. The van der Waals surface area contributed by atoms with Gasteiger partial charge in [0.1, 0.15) is 0 Å². The van der Waals surface area contributed by atoms with Crippen molar-refractivity contribution in [1.29, 1.82) is 0 Å². The van der Waals surface area contributed by atoms with Gasteiger partial charge >= 0.3 is 5.97 Å². The van der Waals surface area contributed by atoms with Gasteiger partial charge in [-0.15, -0.1) is 0 Å². The molecule has 1 aromatic carbocycles. The fourth-order valence-electron chi connectivity index (χ4n) is 2.69. The van der Waals surface area contributed by atoms with Gasteiger partial charge in [0.05, 0.1) is 5.41 Å². The van der Waals surface area contributed by atoms with E-state index < -0.39 is 11.4 Å². The Morgan fingerprint density at radius 1 is 1.24 bits per heavy atom. The summed E-state index contributed by atoms with van der Waals surface area (Å²) in [4.78, 5) is 36.4. The van der Waals surface area contributed by atoms with E-state index in [4.69, 9.17) is 5.11 Å². The highest BCUT2D eigenvalue weighted by Crippen LogP contribution is 2.36. The van der Waals surface area contributed by atoms with E-state index in [1.807, 2.05) is 30.3 Å². The van der Waals surface area contributed by atoms with Crippen molar-refractivity contribution in [3.8, 4) is 0 Å². The van der Waals surface area contributed by atoms with Gasteiger partial charge < -0.3 is 5.11 Å². The molecule has 21 heavy (non-hydrogen) atoms. The van der Waals surface area contributed by atoms with Gasteiger partial charge in [-0.1, -0.05) is 30.3 Å². The van der Waals surface area contributed by atoms with Crippen LogP contribution in [0.25, 0.3) is 0 Å². The maximum atomic E-state index is 12.6. The molecule has 0 radical (unpaired) electrons. The molecular weight excluding hydrogens is 270 g/mol. The van der Waals surface area contributed by atoms with Crippen LogP contribution in [0.2, 0.25) is 0 Å². The average Bonchev–Trinajstić information content (AvgIpc) is 2.68. The molecule has 1 aliphatic rings. The molecule has 0 aromatic heterocycles. The quantitative estimate of drug-likeness (QED) is 0.641. The van der Waals surface area contributed by atoms with Gasteiger partial charge in [-0.05, 0) is 25.3 Å². The molecular formula is C16H19NO4. The normalized spacial score (nSPS) is 21.9. The molecule has 1 atom stereocenters. The van der Waals surface area contributed by atoms with E-state index in [0.717, 1.165) is 5.56 Å². The van der Waals surface area contributed by atoms with E-state index in [-0.39, 0.29) is 24.7 Å². The first-order chi connectivity index (χ1) is 9.95. The summed E-state index contributed by atoms with van der Waals surface area (Å²) in [6.07, 6.45) is 1.23. The predicted octanol–water partition coefficient (Wildman–Crippen LogP) is 1.96. The molecule has 0 aliphatic carbocycles. The number of hydrogen-bond acceptors (Lipinski definition) is 3. The standard InChI is InChI=1S/C16H19NO4/c1-16(12-7-3-2-4-8-12)11-13(18)17(15(16)21)10-6-5-9-14(19)20/h2-4,7-8H,5-6,9-11H2,1H3,(H,19,20). The monoisotopic (exact) mass is 289 g/mol. The molecule has 0 spiro atoms. The smallest absolute Gasteiger partial charge is 0.303 e. The molecule has 1 N–H and O–H groups in total. The second-order valence-corrected chi connectivity index (χ2v) is 5.58. The lowest BCUT2D eigenvalue weighted by Crippen LogP contribution is -2.37.